The van der Waals surface area contributed by atoms with Crippen LogP contribution in [-0.2, 0) is 17.5 Å². The molecule has 1 fully saturated rings. The first-order valence-corrected chi connectivity index (χ1v) is 9.29. The first kappa shape index (κ1) is 19.4. The smallest absolute Gasteiger partial charge is 0.377 e. The van der Waals surface area contributed by atoms with Gasteiger partial charge in [-0.15, -0.1) is 0 Å². The van der Waals surface area contributed by atoms with E-state index < -0.39 is 11.7 Å². The predicted octanol–water partition coefficient (Wildman–Crippen LogP) is 3.88. The molecule has 4 rings (SSSR count). The van der Waals surface area contributed by atoms with Crippen LogP contribution in [0.2, 0.25) is 0 Å². The van der Waals surface area contributed by atoms with Gasteiger partial charge in [0, 0.05) is 19.3 Å². The van der Waals surface area contributed by atoms with Crippen molar-refractivity contribution in [2.24, 2.45) is 0 Å². The number of pyridine rings is 1. The zero-order valence-electron chi connectivity index (χ0n) is 15.8. The molecule has 0 amide bonds. The molecule has 0 saturated carbocycles. The SMILES string of the molecule is C[C@@H]1COCCN1c1nc(NCc2ccccc2C(F)(F)F)c2cccnc2n1. The highest BCUT2D eigenvalue weighted by atomic mass is 19.4. The summed E-state index contributed by atoms with van der Waals surface area (Å²) in [4.78, 5) is 15.5. The standard InChI is InChI=1S/C20H20F3N5O/c1-13-12-29-10-9-28(13)19-26-17-15(6-4-8-24-17)18(27-19)25-11-14-5-2-3-7-16(14)20(21,22)23/h2-8,13H,9-12H2,1H3,(H,24,25,26,27)/t13-/m1/s1. The number of nitrogens with one attached hydrogen (secondary N) is 1. The van der Waals surface area contributed by atoms with Gasteiger partial charge < -0.3 is 15.0 Å². The average molecular weight is 403 g/mol. The van der Waals surface area contributed by atoms with Gasteiger partial charge in [0.05, 0.1) is 30.2 Å². The summed E-state index contributed by atoms with van der Waals surface area (Å²) in [6.45, 7) is 3.75. The molecule has 1 aromatic carbocycles. The maximum absolute atomic E-state index is 13.3. The number of anilines is 2. The predicted molar refractivity (Wildman–Crippen MR) is 104 cm³/mol. The monoisotopic (exact) mass is 403 g/mol. The Hall–Kier alpha value is -2.94. The number of rotatable bonds is 4. The number of halogens is 3. The van der Waals surface area contributed by atoms with Gasteiger partial charge in [0.1, 0.15) is 5.82 Å². The normalized spacial score (nSPS) is 17.5. The molecule has 1 aliphatic rings. The van der Waals surface area contributed by atoms with Crippen LogP contribution in [-0.4, -0.2) is 40.8 Å². The topological polar surface area (TPSA) is 63.2 Å². The van der Waals surface area contributed by atoms with Gasteiger partial charge in [-0.25, -0.2) is 4.98 Å². The summed E-state index contributed by atoms with van der Waals surface area (Å²) >= 11 is 0. The van der Waals surface area contributed by atoms with Gasteiger partial charge in [-0.2, -0.15) is 23.1 Å². The molecule has 0 radical (unpaired) electrons. The van der Waals surface area contributed by atoms with Crippen molar-refractivity contribution in [3.05, 3.63) is 53.7 Å². The van der Waals surface area contributed by atoms with Gasteiger partial charge in [0.2, 0.25) is 5.95 Å². The third kappa shape index (κ3) is 4.09. The molecule has 3 aromatic rings. The molecule has 2 aromatic heterocycles. The first-order valence-electron chi connectivity index (χ1n) is 9.29. The van der Waals surface area contributed by atoms with Crippen molar-refractivity contribution in [1.82, 2.24) is 15.0 Å². The lowest BCUT2D eigenvalue weighted by molar-refractivity contribution is -0.138. The van der Waals surface area contributed by atoms with Crippen LogP contribution < -0.4 is 10.2 Å². The molecule has 9 heteroatoms. The number of fused-ring (bicyclic) bond motifs is 1. The fraction of sp³-hybridized carbons (Fsp3) is 0.350. The molecule has 1 aliphatic heterocycles. The summed E-state index contributed by atoms with van der Waals surface area (Å²) < 4.78 is 45.4. The maximum Gasteiger partial charge on any atom is 0.416 e. The summed E-state index contributed by atoms with van der Waals surface area (Å²) in [6, 6.07) is 9.15. The number of benzene rings is 1. The minimum atomic E-state index is -4.41. The van der Waals surface area contributed by atoms with E-state index in [0.29, 0.717) is 42.6 Å². The number of alkyl halides is 3. The Kier molecular flexibility index (Phi) is 5.23. The largest absolute Gasteiger partial charge is 0.416 e. The summed E-state index contributed by atoms with van der Waals surface area (Å²) in [7, 11) is 0. The van der Waals surface area contributed by atoms with Gasteiger partial charge in [-0.1, -0.05) is 18.2 Å². The quantitative estimate of drug-likeness (QED) is 0.713. The van der Waals surface area contributed by atoms with E-state index in [1.165, 1.54) is 12.1 Å². The van der Waals surface area contributed by atoms with E-state index in [0.717, 1.165) is 6.07 Å². The molecule has 6 nitrogen and oxygen atoms in total. The van der Waals surface area contributed by atoms with Crippen molar-refractivity contribution >= 4 is 22.8 Å². The van der Waals surface area contributed by atoms with Gasteiger partial charge in [-0.3, -0.25) is 0 Å². The van der Waals surface area contributed by atoms with E-state index >= 15 is 0 Å². The molecular weight excluding hydrogens is 383 g/mol. The van der Waals surface area contributed by atoms with Crippen molar-refractivity contribution in [3.63, 3.8) is 0 Å². The van der Waals surface area contributed by atoms with Gasteiger partial charge >= 0.3 is 6.18 Å². The Morgan fingerprint density at radius 3 is 2.79 bits per heavy atom. The van der Waals surface area contributed by atoms with E-state index in [4.69, 9.17) is 4.74 Å². The molecule has 0 bridgehead atoms. The van der Waals surface area contributed by atoms with Crippen LogP contribution in [0.25, 0.3) is 11.0 Å². The van der Waals surface area contributed by atoms with Gasteiger partial charge in [0.15, 0.2) is 5.65 Å². The van der Waals surface area contributed by atoms with Crippen LogP contribution in [0.4, 0.5) is 24.9 Å². The van der Waals surface area contributed by atoms with E-state index in [2.05, 4.69) is 20.3 Å². The molecular formula is C20H20F3N5O. The number of nitrogens with zero attached hydrogens (tertiary/aromatic N) is 4. The summed E-state index contributed by atoms with van der Waals surface area (Å²) in [5.74, 6) is 0.937. The Morgan fingerprint density at radius 2 is 2.00 bits per heavy atom. The lowest BCUT2D eigenvalue weighted by atomic mass is 10.1. The second-order valence-electron chi connectivity index (χ2n) is 6.87. The highest BCUT2D eigenvalue weighted by Gasteiger charge is 2.32. The first-order chi connectivity index (χ1) is 13.9. The van der Waals surface area contributed by atoms with Crippen molar-refractivity contribution in [3.8, 4) is 0 Å². The maximum atomic E-state index is 13.3. The third-order valence-corrected chi connectivity index (χ3v) is 4.85. The second-order valence-corrected chi connectivity index (χ2v) is 6.87. The zero-order valence-corrected chi connectivity index (χ0v) is 15.8. The number of hydrogen-bond donors (Lipinski definition) is 1. The van der Waals surface area contributed by atoms with Crippen LogP contribution in [0.15, 0.2) is 42.6 Å². The highest BCUT2D eigenvalue weighted by molar-refractivity contribution is 5.87. The molecule has 1 N–H and O–H groups in total. The summed E-state index contributed by atoms with van der Waals surface area (Å²) in [5, 5.41) is 3.72. The van der Waals surface area contributed by atoms with E-state index in [1.54, 1.807) is 24.4 Å². The minimum absolute atomic E-state index is 0.0191. The number of morpholine rings is 1. The van der Waals surface area contributed by atoms with Crippen LogP contribution in [0.5, 0.6) is 0 Å². The van der Waals surface area contributed by atoms with Crippen LogP contribution in [0.1, 0.15) is 18.1 Å². The van der Waals surface area contributed by atoms with E-state index in [1.807, 2.05) is 11.8 Å². The van der Waals surface area contributed by atoms with E-state index in [9.17, 15) is 13.2 Å². The number of aromatic nitrogens is 3. The van der Waals surface area contributed by atoms with Crippen molar-refractivity contribution in [2.45, 2.75) is 25.7 Å². The third-order valence-electron chi connectivity index (χ3n) is 4.85. The van der Waals surface area contributed by atoms with Crippen molar-refractivity contribution < 1.29 is 17.9 Å². The van der Waals surface area contributed by atoms with Crippen LogP contribution >= 0.6 is 0 Å². The average Bonchev–Trinajstić information content (AvgIpc) is 2.71. The number of ether oxygens (including phenoxy) is 1. The second kappa shape index (κ2) is 7.82. The van der Waals surface area contributed by atoms with Crippen molar-refractivity contribution in [1.29, 1.82) is 0 Å². The Labute approximate surface area is 165 Å². The van der Waals surface area contributed by atoms with Crippen LogP contribution in [0, 0.1) is 0 Å². The lowest BCUT2D eigenvalue weighted by Crippen LogP contribution is -2.44. The molecule has 0 aliphatic carbocycles. The lowest BCUT2D eigenvalue weighted by Gasteiger charge is -2.33. The Morgan fingerprint density at radius 1 is 1.17 bits per heavy atom. The molecule has 1 saturated heterocycles. The Bertz CT molecular complexity index is 1010. The Balaban J connectivity index is 1.69. The van der Waals surface area contributed by atoms with Crippen LogP contribution in [0.3, 0.4) is 0 Å². The minimum Gasteiger partial charge on any atom is -0.377 e. The molecule has 3 heterocycles. The molecule has 0 spiro atoms. The van der Waals surface area contributed by atoms with Crippen molar-refractivity contribution in [2.75, 3.05) is 30.0 Å². The fourth-order valence-electron chi connectivity index (χ4n) is 3.37. The van der Waals surface area contributed by atoms with E-state index in [-0.39, 0.29) is 18.2 Å². The molecule has 0 unspecified atom stereocenters. The summed E-state index contributed by atoms with van der Waals surface area (Å²) in [5.41, 5.74) is -0.0225. The molecule has 29 heavy (non-hydrogen) atoms. The van der Waals surface area contributed by atoms with Gasteiger partial charge in [0.25, 0.3) is 0 Å². The summed E-state index contributed by atoms with van der Waals surface area (Å²) in [6.07, 6.45) is -2.79. The molecule has 152 valence electrons. The highest BCUT2D eigenvalue weighted by Crippen LogP contribution is 2.32. The molecule has 1 atom stereocenters. The zero-order chi connectivity index (χ0) is 20.4. The fourth-order valence-corrected chi connectivity index (χ4v) is 3.37. The van der Waals surface area contributed by atoms with Gasteiger partial charge in [-0.05, 0) is 30.7 Å². The number of hydrogen-bond acceptors (Lipinski definition) is 6.